The van der Waals surface area contributed by atoms with E-state index >= 15 is 0 Å². The summed E-state index contributed by atoms with van der Waals surface area (Å²) < 4.78 is 1.11. The summed E-state index contributed by atoms with van der Waals surface area (Å²) in [5, 5.41) is 3.08. The molecule has 0 bridgehead atoms. The first kappa shape index (κ1) is 17.4. The number of piperazine rings is 1. The van der Waals surface area contributed by atoms with Crippen LogP contribution < -0.4 is 5.32 Å². The van der Waals surface area contributed by atoms with Crippen LogP contribution in [0.15, 0.2) is 28.7 Å². The van der Waals surface area contributed by atoms with Crippen molar-refractivity contribution < 1.29 is 4.79 Å². The number of nitrogens with one attached hydrogen (secondary N) is 1. The van der Waals surface area contributed by atoms with Crippen LogP contribution in [-0.2, 0) is 4.79 Å². The van der Waals surface area contributed by atoms with Crippen molar-refractivity contribution in [3.05, 3.63) is 34.3 Å². The highest BCUT2D eigenvalue weighted by atomic mass is 79.9. The Morgan fingerprint density at radius 1 is 1.18 bits per heavy atom. The lowest BCUT2D eigenvalue weighted by molar-refractivity contribution is -0.136. The molecule has 1 heterocycles. The molecule has 2 atom stereocenters. The maximum atomic E-state index is 12.3. The Kier molecular flexibility index (Phi) is 6.41. The van der Waals surface area contributed by atoms with Gasteiger partial charge in [0, 0.05) is 49.2 Å². The van der Waals surface area contributed by atoms with Gasteiger partial charge in [-0.2, -0.15) is 0 Å². The van der Waals surface area contributed by atoms with E-state index in [1.165, 1.54) is 5.56 Å². The van der Waals surface area contributed by atoms with Crippen molar-refractivity contribution in [2.75, 3.05) is 39.8 Å². The molecule has 2 unspecified atom stereocenters. The molecular formula is C17H26BrN3O. The number of carbonyl (C=O) groups excluding carboxylic acids is 1. The third kappa shape index (κ3) is 4.31. The lowest BCUT2D eigenvalue weighted by Crippen LogP contribution is -2.51. The van der Waals surface area contributed by atoms with E-state index in [4.69, 9.17) is 0 Å². The molecule has 1 aliphatic heterocycles. The summed E-state index contributed by atoms with van der Waals surface area (Å²) >= 11 is 3.48. The zero-order chi connectivity index (χ0) is 16.1. The molecule has 1 amide bonds. The van der Waals surface area contributed by atoms with Crippen LogP contribution in [0.2, 0.25) is 0 Å². The van der Waals surface area contributed by atoms with Crippen LogP contribution in [0.1, 0.15) is 25.5 Å². The van der Waals surface area contributed by atoms with Gasteiger partial charge in [0.05, 0.1) is 0 Å². The SMILES string of the molecule is CNCC(C)C(=O)N1CCN(C(C)c2ccc(Br)cc2)CC1. The molecule has 1 saturated heterocycles. The molecule has 1 aliphatic rings. The zero-order valence-electron chi connectivity index (χ0n) is 13.7. The molecule has 0 saturated carbocycles. The van der Waals surface area contributed by atoms with E-state index in [1.807, 2.05) is 18.9 Å². The summed E-state index contributed by atoms with van der Waals surface area (Å²) in [5.74, 6) is 0.325. The highest BCUT2D eigenvalue weighted by Crippen LogP contribution is 2.23. The van der Waals surface area contributed by atoms with Crippen molar-refractivity contribution in [3.63, 3.8) is 0 Å². The highest BCUT2D eigenvalue weighted by molar-refractivity contribution is 9.10. The molecule has 1 aromatic rings. The lowest BCUT2D eigenvalue weighted by atomic mass is 10.1. The first-order valence-electron chi connectivity index (χ1n) is 7.96. The van der Waals surface area contributed by atoms with Gasteiger partial charge in [0.15, 0.2) is 0 Å². The Bertz CT molecular complexity index is 483. The molecule has 1 fully saturated rings. The fourth-order valence-corrected chi connectivity index (χ4v) is 3.25. The number of hydrogen-bond acceptors (Lipinski definition) is 3. The first-order chi connectivity index (χ1) is 10.5. The predicted molar refractivity (Wildman–Crippen MR) is 93.8 cm³/mol. The molecule has 0 spiro atoms. The number of carbonyl (C=O) groups is 1. The minimum atomic E-state index is 0.0560. The van der Waals surface area contributed by atoms with Gasteiger partial charge in [-0.15, -0.1) is 0 Å². The van der Waals surface area contributed by atoms with E-state index in [9.17, 15) is 4.79 Å². The molecule has 1 aromatic carbocycles. The second-order valence-corrected chi connectivity index (χ2v) is 6.96. The zero-order valence-corrected chi connectivity index (χ0v) is 15.3. The standard InChI is InChI=1S/C17H26BrN3O/c1-13(12-19-3)17(22)21-10-8-20(9-11-21)14(2)15-4-6-16(18)7-5-15/h4-7,13-14,19H,8-12H2,1-3H3. The van der Waals surface area contributed by atoms with Crippen LogP contribution in [0.3, 0.4) is 0 Å². The van der Waals surface area contributed by atoms with Crippen LogP contribution >= 0.6 is 15.9 Å². The summed E-state index contributed by atoms with van der Waals surface area (Å²) in [7, 11) is 1.89. The molecule has 1 N–H and O–H groups in total. The van der Waals surface area contributed by atoms with Crippen molar-refractivity contribution in [2.24, 2.45) is 5.92 Å². The molecule has 2 rings (SSSR count). The number of hydrogen-bond donors (Lipinski definition) is 1. The maximum absolute atomic E-state index is 12.3. The third-order valence-corrected chi connectivity index (χ3v) is 4.99. The minimum absolute atomic E-state index is 0.0560. The third-order valence-electron chi connectivity index (χ3n) is 4.46. The molecule has 0 aromatic heterocycles. The monoisotopic (exact) mass is 367 g/mol. The molecule has 22 heavy (non-hydrogen) atoms. The molecule has 0 radical (unpaired) electrons. The lowest BCUT2D eigenvalue weighted by Gasteiger charge is -2.39. The smallest absolute Gasteiger partial charge is 0.226 e. The Morgan fingerprint density at radius 2 is 1.77 bits per heavy atom. The number of amides is 1. The van der Waals surface area contributed by atoms with E-state index < -0.39 is 0 Å². The molecule has 5 heteroatoms. The molecular weight excluding hydrogens is 342 g/mol. The van der Waals surface area contributed by atoms with Gasteiger partial charge >= 0.3 is 0 Å². The van der Waals surface area contributed by atoms with Gasteiger partial charge in [-0.25, -0.2) is 0 Å². The largest absolute Gasteiger partial charge is 0.340 e. The van der Waals surface area contributed by atoms with Gasteiger partial charge < -0.3 is 10.2 Å². The van der Waals surface area contributed by atoms with E-state index in [0.29, 0.717) is 6.04 Å². The van der Waals surface area contributed by atoms with Crippen molar-refractivity contribution in [1.82, 2.24) is 15.1 Å². The second kappa shape index (κ2) is 8.09. The molecule has 122 valence electrons. The van der Waals surface area contributed by atoms with Gasteiger partial charge in [-0.3, -0.25) is 9.69 Å². The van der Waals surface area contributed by atoms with Crippen LogP contribution in [0.25, 0.3) is 0 Å². The van der Waals surface area contributed by atoms with Gasteiger partial charge in [-0.05, 0) is 31.7 Å². The van der Waals surface area contributed by atoms with Crippen LogP contribution in [0.5, 0.6) is 0 Å². The number of nitrogens with zero attached hydrogens (tertiary/aromatic N) is 2. The fraction of sp³-hybridized carbons (Fsp3) is 0.588. The van der Waals surface area contributed by atoms with Crippen molar-refractivity contribution in [1.29, 1.82) is 0 Å². The van der Waals surface area contributed by atoms with E-state index in [2.05, 4.69) is 57.3 Å². The van der Waals surface area contributed by atoms with Crippen LogP contribution in [0, 0.1) is 5.92 Å². The Morgan fingerprint density at radius 3 is 2.32 bits per heavy atom. The second-order valence-electron chi connectivity index (χ2n) is 6.05. The normalized spacial score (nSPS) is 19.0. The minimum Gasteiger partial charge on any atom is -0.340 e. The maximum Gasteiger partial charge on any atom is 0.226 e. The van der Waals surface area contributed by atoms with Gasteiger partial charge in [-0.1, -0.05) is 35.0 Å². The topological polar surface area (TPSA) is 35.6 Å². The summed E-state index contributed by atoms with van der Waals surface area (Å²) in [5.41, 5.74) is 1.33. The summed E-state index contributed by atoms with van der Waals surface area (Å²) in [6.07, 6.45) is 0. The molecule has 0 aliphatic carbocycles. The fourth-order valence-electron chi connectivity index (χ4n) is 2.99. The average molecular weight is 368 g/mol. The Labute approximate surface area is 142 Å². The number of benzene rings is 1. The van der Waals surface area contributed by atoms with E-state index in [1.54, 1.807) is 0 Å². The van der Waals surface area contributed by atoms with Crippen molar-refractivity contribution in [3.8, 4) is 0 Å². The summed E-state index contributed by atoms with van der Waals surface area (Å²) in [6, 6.07) is 8.90. The predicted octanol–water partition coefficient (Wildman–Crippen LogP) is 2.51. The Hall–Kier alpha value is -0.910. The quantitative estimate of drug-likeness (QED) is 0.868. The van der Waals surface area contributed by atoms with E-state index in [-0.39, 0.29) is 11.8 Å². The molecule has 4 nitrogen and oxygen atoms in total. The average Bonchev–Trinajstić information content (AvgIpc) is 2.54. The summed E-state index contributed by atoms with van der Waals surface area (Å²) in [6.45, 7) is 8.51. The van der Waals surface area contributed by atoms with Crippen LogP contribution in [0.4, 0.5) is 0 Å². The summed E-state index contributed by atoms with van der Waals surface area (Å²) in [4.78, 5) is 16.8. The number of rotatable bonds is 5. The van der Waals surface area contributed by atoms with Gasteiger partial charge in [0.1, 0.15) is 0 Å². The van der Waals surface area contributed by atoms with Crippen LogP contribution in [-0.4, -0.2) is 55.5 Å². The van der Waals surface area contributed by atoms with Crippen molar-refractivity contribution >= 4 is 21.8 Å². The van der Waals surface area contributed by atoms with Gasteiger partial charge in [0.2, 0.25) is 5.91 Å². The first-order valence-corrected chi connectivity index (χ1v) is 8.75. The highest BCUT2D eigenvalue weighted by Gasteiger charge is 2.26. The van der Waals surface area contributed by atoms with Gasteiger partial charge in [0.25, 0.3) is 0 Å². The Balaban J connectivity index is 1.89. The number of halogens is 1. The van der Waals surface area contributed by atoms with Crippen molar-refractivity contribution in [2.45, 2.75) is 19.9 Å². The van der Waals surface area contributed by atoms with E-state index in [0.717, 1.165) is 37.2 Å².